The Morgan fingerprint density at radius 2 is 2.29 bits per heavy atom. The van der Waals surface area contributed by atoms with Crippen LogP contribution in [0.4, 0.5) is 0 Å². The molecule has 4 heteroatoms. The average Bonchev–Trinajstić information content (AvgIpc) is 2.91. The summed E-state index contributed by atoms with van der Waals surface area (Å²) in [6.07, 6.45) is 1.45. The first kappa shape index (κ1) is 10.7. The maximum absolute atomic E-state index is 11.1. The second-order valence-electron chi connectivity index (χ2n) is 4.74. The van der Waals surface area contributed by atoms with E-state index in [4.69, 9.17) is 9.84 Å². The van der Waals surface area contributed by atoms with Crippen molar-refractivity contribution < 1.29 is 14.6 Å². The van der Waals surface area contributed by atoms with Crippen molar-refractivity contribution in [1.82, 2.24) is 4.90 Å². The van der Waals surface area contributed by atoms with Crippen LogP contribution in [0.25, 0.3) is 0 Å². The lowest BCUT2D eigenvalue weighted by Gasteiger charge is -2.27. The van der Waals surface area contributed by atoms with Crippen molar-refractivity contribution in [2.75, 3.05) is 13.2 Å². The molecule has 0 radical (unpaired) electrons. The third kappa shape index (κ3) is 1.94. The molecule has 2 heterocycles. The fraction of sp³-hybridized carbons (Fsp3) is 0.462. The van der Waals surface area contributed by atoms with Crippen molar-refractivity contribution in [3.63, 3.8) is 0 Å². The van der Waals surface area contributed by atoms with E-state index in [1.54, 1.807) is 12.1 Å². The van der Waals surface area contributed by atoms with Crippen LogP contribution < -0.4 is 0 Å². The Hall–Kier alpha value is -1.39. The number of rotatable bonds is 3. The molecule has 17 heavy (non-hydrogen) atoms. The van der Waals surface area contributed by atoms with Gasteiger partial charge in [0, 0.05) is 19.1 Å². The normalized spacial score (nSPS) is 27.5. The molecule has 90 valence electrons. The third-order valence-electron chi connectivity index (χ3n) is 3.64. The maximum Gasteiger partial charge on any atom is 0.336 e. The van der Waals surface area contributed by atoms with E-state index in [9.17, 15) is 4.79 Å². The minimum Gasteiger partial charge on any atom is -0.478 e. The van der Waals surface area contributed by atoms with Gasteiger partial charge in [-0.3, -0.25) is 4.90 Å². The van der Waals surface area contributed by atoms with Gasteiger partial charge in [-0.25, -0.2) is 4.79 Å². The second-order valence-corrected chi connectivity index (χ2v) is 4.74. The fourth-order valence-electron chi connectivity index (χ4n) is 2.76. The molecule has 2 aliphatic rings. The van der Waals surface area contributed by atoms with Gasteiger partial charge >= 0.3 is 5.97 Å². The molecule has 2 saturated heterocycles. The number of aromatic carboxylic acids is 1. The van der Waals surface area contributed by atoms with Crippen LogP contribution in [0.1, 0.15) is 22.3 Å². The molecule has 1 aromatic carbocycles. The summed E-state index contributed by atoms with van der Waals surface area (Å²) in [7, 11) is 0. The number of carboxylic acids is 1. The number of benzene rings is 1. The molecule has 0 aliphatic carbocycles. The highest BCUT2D eigenvalue weighted by atomic mass is 16.5. The lowest BCUT2D eigenvalue weighted by Crippen LogP contribution is -2.36. The number of carboxylic acid groups (broad SMARTS) is 1. The van der Waals surface area contributed by atoms with Crippen molar-refractivity contribution in [1.29, 1.82) is 0 Å². The first-order valence-electron chi connectivity index (χ1n) is 5.91. The topological polar surface area (TPSA) is 49.8 Å². The van der Waals surface area contributed by atoms with Crippen molar-refractivity contribution >= 4 is 5.97 Å². The molecule has 0 aromatic heterocycles. The van der Waals surface area contributed by atoms with Gasteiger partial charge in [0.1, 0.15) is 0 Å². The Morgan fingerprint density at radius 1 is 1.47 bits per heavy atom. The Morgan fingerprint density at radius 3 is 2.94 bits per heavy atom. The number of hydrogen-bond donors (Lipinski definition) is 1. The zero-order chi connectivity index (χ0) is 11.8. The quantitative estimate of drug-likeness (QED) is 0.856. The van der Waals surface area contributed by atoms with Crippen LogP contribution in [0, 0.1) is 0 Å². The minimum absolute atomic E-state index is 0.358. The number of fused-ring (bicyclic) bond motifs is 2. The van der Waals surface area contributed by atoms with Gasteiger partial charge in [0.15, 0.2) is 0 Å². The van der Waals surface area contributed by atoms with Crippen LogP contribution in [0.5, 0.6) is 0 Å². The largest absolute Gasteiger partial charge is 0.478 e. The minimum atomic E-state index is -0.846. The number of carbonyl (C=O) groups is 1. The van der Waals surface area contributed by atoms with Crippen molar-refractivity contribution in [2.45, 2.75) is 25.1 Å². The van der Waals surface area contributed by atoms with Crippen molar-refractivity contribution in [2.24, 2.45) is 0 Å². The fourth-order valence-corrected chi connectivity index (χ4v) is 2.76. The smallest absolute Gasteiger partial charge is 0.336 e. The summed E-state index contributed by atoms with van der Waals surface area (Å²) in [5.41, 5.74) is 1.31. The van der Waals surface area contributed by atoms with Gasteiger partial charge < -0.3 is 9.84 Å². The number of ether oxygens (including phenoxy) is 1. The summed E-state index contributed by atoms with van der Waals surface area (Å²) in [6.45, 7) is 2.44. The summed E-state index contributed by atoms with van der Waals surface area (Å²) >= 11 is 0. The SMILES string of the molecule is O=C(O)c1ccccc1CN1CC2CC1CO2. The zero-order valence-corrected chi connectivity index (χ0v) is 9.50. The standard InChI is InChI=1S/C13H15NO3/c15-13(16)12-4-2-1-3-9(12)6-14-7-11-5-10(14)8-17-11/h1-4,10-11H,5-8H2,(H,15,16). The van der Waals surface area contributed by atoms with Crippen LogP contribution in [0.2, 0.25) is 0 Å². The molecule has 2 unspecified atom stereocenters. The molecule has 0 saturated carbocycles. The number of likely N-dealkylation sites (tertiary alicyclic amines) is 1. The van der Waals surface area contributed by atoms with Crippen LogP contribution in [0.3, 0.4) is 0 Å². The molecule has 4 nitrogen and oxygen atoms in total. The summed E-state index contributed by atoms with van der Waals surface area (Å²) in [5, 5.41) is 9.13. The highest BCUT2D eigenvalue weighted by Crippen LogP contribution is 2.29. The molecular formula is C13H15NO3. The summed E-state index contributed by atoms with van der Waals surface area (Å²) in [5.74, 6) is -0.846. The first-order chi connectivity index (χ1) is 8.24. The van der Waals surface area contributed by atoms with E-state index in [-0.39, 0.29) is 0 Å². The van der Waals surface area contributed by atoms with Crippen molar-refractivity contribution in [3.8, 4) is 0 Å². The maximum atomic E-state index is 11.1. The van der Waals surface area contributed by atoms with E-state index in [2.05, 4.69) is 4.90 Å². The Balaban J connectivity index is 1.79. The van der Waals surface area contributed by atoms with E-state index in [1.807, 2.05) is 12.1 Å². The van der Waals surface area contributed by atoms with Crippen LogP contribution in [-0.2, 0) is 11.3 Å². The van der Waals surface area contributed by atoms with Gasteiger partial charge in [-0.15, -0.1) is 0 Å². The highest BCUT2D eigenvalue weighted by Gasteiger charge is 2.38. The van der Waals surface area contributed by atoms with E-state index in [0.717, 1.165) is 25.1 Å². The van der Waals surface area contributed by atoms with Gasteiger partial charge in [0.25, 0.3) is 0 Å². The Labute approximate surface area is 99.8 Å². The monoisotopic (exact) mass is 233 g/mol. The molecule has 0 amide bonds. The molecule has 2 bridgehead atoms. The molecule has 2 aliphatic heterocycles. The second kappa shape index (κ2) is 4.13. The van der Waals surface area contributed by atoms with E-state index in [0.29, 0.717) is 24.3 Å². The summed E-state index contributed by atoms with van der Waals surface area (Å²) in [4.78, 5) is 13.4. The predicted molar refractivity (Wildman–Crippen MR) is 62.0 cm³/mol. The zero-order valence-electron chi connectivity index (χ0n) is 9.50. The number of hydrogen-bond acceptors (Lipinski definition) is 3. The van der Waals surface area contributed by atoms with Crippen LogP contribution >= 0.6 is 0 Å². The number of morpholine rings is 1. The molecule has 2 fully saturated rings. The molecule has 3 rings (SSSR count). The van der Waals surface area contributed by atoms with Crippen LogP contribution in [-0.4, -0.2) is 41.3 Å². The van der Waals surface area contributed by atoms with Gasteiger partial charge in [-0.1, -0.05) is 18.2 Å². The van der Waals surface area contributed by atoms with E-state index < -0.39 is 5.97 Å². The predicted octanol–water partition coefficient (Wildman–Crippen LogP) is 1.36. The first-order valence-corrected chi connectivity index (χ1v) is 5.91. The lowest BCUT2D eigenvalue weighted by molar-refractivity contribution is 0.0271. The highest BCUT2D eigenvalue weighted by molar-refractivity contribution is 5.89. The summed E-state index contributed by atoms with van der Waals surface area (Å²) in [6, 6.07) is 7.71. The van der Waals surface area contributed by atoms with E-state index in [1.165, 1.54) is 0 Å². The van der Waals surface area contributed by atoms with Gasteiger partial charge in [-0.05, 0) is 18.1 Å². The van der Waals surface area contributed by atoms with Crippen LogP contribution in [0.15, 0.2) is 24.3 Å². The van der Waals surface area contributed by atoms with Crippen molar-refractivity contribution in [3.05, 3.63) is 35.4 Å². The lowest BCUT2D eigenvalue weighted by atomic mass is 10.1. The van der Waals surface area contributed by atoms with Gasteiger partial charge in [0.05, 0.1) is 18.3 Å². The molecule has 1 aromatic rings. The van der Waals surface area contributed by atoms with Gasteiger partial charge in [-0.2, -0.15) is 0 Å². The molecule has 0 spiro atoms. The Kier molecular flexibility index (Phi) is 2.61. The van der Waals surface area contributed by atoms with E-state index >= 15 is 0 Å². The average molecular weight is 233 g/mol. The molecule has 1 N–H and O–H groups in total. The molecule has 2 atom stereocenters. The third-order valence-corrected chi connectivity index (χ3v) is 3.64. The van der Waals surface area contributed by atoms with Gasteiger partial charge in [0.2, 0.25) is 0 Å². The molecular weight excluding hydrogens is 218 g/mol. The number of nitrogens with zero attached hydrogens (tertiary/aromatic N) is 1. The Bertz CT molecular complexity index is 446. The summed E-state index contributed by atoms with van der Waals surface area (Å²) < 4.78 is 5.54.